The Kier molecular flexibility index (Phi) is 4.62. The van der Waals surface area contributed by atoms with Crippen LogP contribution in [0.5, 0.6) is 0 Å². The predicted octanol–water partition coefficient (Wildman–Crippen LogP) is 4.81. The third kappa shape index (κ3) is 3.22. The maximum atomic E-state index is 13.6. The highest BCUT2D eigenvalue weighted by Gasteiger charge is 2.32. The summed E-state index contributed by atoms with van der Waals surface area (Å²) in [6, 6.07) is 24.6. The molecule has 1 atom stereocenters. The van der Waals surface area contributed by atoms with Gasteiger partial charge in [-0.1, -0.05) is 72.8 Å². The van der Waals surface area contributed by atoms with Gasteiger partial charge < -0.3 is 5.32 Å². The van der Waals surface area contributed by atoms with Gasteiger partial charge in [0.25, 0.3) is 0 Å². The van der Waals surface area contributed by atoms with Crippen LogP contribution >= 0.6 is 0 Å². The molecule has 0 spiro atoms. The molecular formula is C23H23NO. The number of nitrogens with one attached hydrogen (secondary N) is 1. The van der Waals surface area contributed by atoms with Crippen molar-refractivity contribution in [1.82, 2.24) is 5.32 Å². The van der Waals surface area contributed by atoms with Crippen LogP contribution in [0.25, 0.3) is 10.8 Å². The van der Waals surface area contributed by atoms with Gasteiger partial charge in [0.1, 0.15) is 0 Å². The highest BCUT2D eigenvalue weighted by atomic mass is 16.1. The van der Waals surface area contributed by atoms with Crippen molar-refractivity contribution in [3.63, 3.8) is 0 Å². The van der Waals surface area contributed by atoms with E-state index in [4.69, 9.17) is 0 Å². The Labute approximate surface area is 148 Å². The number of hydrogen-bond acceptors (Lipinski definition) is 2. The van der Waals surface area contributed by atoms with E-state index in [0.29, 0.717) is 5.92 Å². The molecule has 2 nitrogen and oxygen atoms in total. The SMILES string of the molecule is O=C(c1cccc2ccccc12)C(c1ccccc1)C1CCNCC1. The van der Waals surface area contributed by atoms with Crippen LogP contribution in [0, 0.1) is 5.92 Å². The van der Waals surface area contributed by atoms with Gasteiger partial charge in [-0.2, -0.15) is 0 Å². The summed E-state index contributed by atoms with van der Waals surface area (Å²) in [7, 11) is 0. The largest absolute Gasteiger partial charge is 0.317 e. The van der Waals surface area contributed by atoms with Gasteiger partial charge in [-0.3, -0.25) is 4.79 Å². The molecule has 126 valence electrons. The number of benzene rings is 3. The van der Waals surface area contributed by atoms with Crippen LogP contribution in [-0.4, -0.2) is 18.9 Å². The van der Waals surface area contributed by atoms with Gasteiger partial charge in [0.05, 0.1) is 5.92 Å². The Morgan fingerprint density at radius 1 is 0.840 bits per heavy atom. The normalized spacial score (nSPS) is 16.6. The Morgan fingerprint density at radius 3 is 2.32 bits per heavy atom. The lowest BCUT2D eigenvalue weighted by atomic mass is 9.76. The van der Waals surface area contributed by atoms with Crippen LogP contribution in [0.4, 0.5) is 0 Å². The fourth-order valence-corrected chi connectivity index (χ4v) is 4.08. The minimum absolute atomic E-state index is 0.0610. The number of carbonyl (C=O) groups is 1. The van der Waals surface area contributed by atoms with Crippen molar-refractivity contribution in [2.24, 2.45) is 5.92 Å². The maximum absolute atomic E-state index is 13.6. The van der Waals surface area contributed by atoms with E-state index in [-0.39, 0.29) is 11.7 Å². The van der Waals surface area contributed by atoms with Crippen molar-refractivity contribution in [2.45, 2.75) is 18.8 Å². The quantitative estimate of drug-likeness (QED) is 0.696. The maximum Gasteiger partial charge on any atom is 0.171 e. The molecule has 1 saturated heterocycles. The number of hydrogen-bond donors (Lipinski definition) is 1. The van der Waals surface area contributed by atoms with Crippen molar-refractivity contribution in [2.75, 3.05) is 13.1 Å². The first-order chi connectivity index (χ1) is 12.3. The number of piperidine rings is 1. The predicted molar refractivity (Wildman–Crippen MR) is 103 cm³/mol. The number of Topliss-reactive ketones (excluding diaryl/α,β-unsaturated/α-hetero) is 1. The summed E-state index contributed by atoms with van der Waals surface area (Å²) < 4.78 is 0. The zero-order valence-electron chi connectivity index (χ0n) is 14.3. The molecule has 0 saturated carbocycles. The minimum atomic E-state index is -0.0610. The molecule has 0 bridgehead atoms. The van der Waals surface area contributed by atoms with Crippen molar-refractivity contribution in [1.29, 1.82) is 0 Å². The summed E-state index contributed by atoms with van der Waals surface area (Å²) in [4.78, 5) is 13.6. The minimum Gasteiger partial charge on any atom is -0.317 e. The van der Waals surface area contributed by atoms with Crippen LogP contribution in [0.2, 0.25) is 0 Å². The number of carbonyl (C=O) groups excluding carboxylic acids is 1. The second-order valence-electron chi connectivity index (χ2n) is 6.87. The van der Waals surface area contributed by atoms with E-state index in [1.165, 1.54) is 0 Å². The summed E-state index contributed by atoms with van der Waals surface area (Å²) in [6.07, 6.45) is 2.10. The molecule has 1 aliphatic heterocycles. The molecule has 0 radical (unpaired) electrons. The standard InChI is InChI=1S/C23H23NO/c25-23(21-12-6-10-17-7-4-5-11-20(17)21)22(18-8-2-1-3-9-18)19-13-15-24-16-14-19/h1-12,19,22,24H,13-16H2. The van der Waals surface area contributed by atoms with E-state index in [0.717, 1.165) is 47.8 Å². The monoisotopic (exact) mass is 329 g/mol. The Morgan fingerprint density at radius 2 is 1.52 bits per heavy atom. The zero-order valence-corrected chi connectivity index (χ0v) is 14.3. The second-order valence-corrected chi connectivity index (χ2v) is 6.87. The molecule has 3 aromatic carbocycles. The molecule has 4 rings (SSSR count). The van der Waals surface area contributed by atoms with Gasteiger partial charge in [0.15, 0.2) is 5.78 Å². The van der Waals surface area contributed by atoms with Crippen LogP contribution < -0.4 is 5.32 Å². The topological polar surface area (TPSA) is 29.1 Å². The van der Waals surface area contributed by atoms with Gasteiger partial charge in [-0.05, 0) is 48.2 Å². The van der Waals surface area contributed by atoms with Crippen molar-refractivity contribution in [3.8, 4) is 0 Å². The molecule has 0 aromatic heterocycles. The van der Waals surface area contributed by atoms with Crippen molar-refractivity contribution in [3.05, 3.63) is 83.9 Å². The highest BCUT2D eigenvalue weighted by molar-refractivity contribution is 6.11. The fraction of sp³-hybridized carbons (Fsp3) is 0.261. The number of rotatable bonds is 4. The van der Waals surface area contributed by atoms with Crippen molar-refractivity contribution >= 4 is 16.6 Å². The average molecular weight is 329 g/mol. The van der Waals surface area contributed by atoms with Gasteiger partial charge in [-0.15, -0.1) is 0 Å². The smallest absolute Gasteiger partial charge is 0.171 e. The molecule has 1 heterocycles. The molecule has 0 aliphatic carbocycles. The van der Waals surface area contributed by atoms with E-state index in [2.05, 4.69) is 35.6 Å². The molecule has 25 heavy (non-hydrogen) atoms. The number of fused-ring (bicyclic) bond motifs is 1. The lowest BCUT2D eigenvalue weighted by molar-refractivity contribution is 0.0918. The third-order valence-corrected chi connectivity index (χ3v) is 5.35. The summed E-state index contributed by atoms with van der Waals surface area (Å²) in [5, 5.41) is 5.61. The van der Waals surface area contributed by atoms with Gasteiger partial charge in [-0.25, -0.2) is 0 Å². The molecule has 0 amide bonds. The van der Waals surface area contributed by atoms with Gasteiger partial charge in [0.2, 0.25) is 0 Å². The zero-order chi connectivity index (χ0) is 17.1. The summed E-state index contributed by atoms with van der Waals surface area (Å²) in [5.41, 5.74) is 2.00. The van der Waals surface area contributed by atoms with E-state index in [1.54, 1.807) is 0 Å². The molecule has 1 fully saturated rings. The molecule has 2 heteroatoms. The van der Waals surface area contributed by atoms with Crippen LogP contribution in [0.1, 0.15) is 34.7 Å². The van der Waals surface area contributed by atoms with Crippen LogP contribution in [-0.2, 0) is 0 Å². The molecular weight excluding hydrogens is 306 g/mol. The highest BCUT2D eigenvalue weighted by Crippen LogP contribution is 2.35. The lowest BCUT2D eigenvalue weighted by Gasteiger charge is -2.30. The third-order valence-electron chi connectivity index (χ3n) is 5.35. The first-order valence-corrected chi connectivity index (χ1v) is 9.12. The van der Waals surface area contributed by atoms with Crippen molar-refractivity contribution < 1.29 is 4.79 Å². The molecule has 1 N–H and O–H groups in total. The molecule has 3 aromatic rings. The van der Waals surface area contributed by atoms with E-state index in [9.17, 15) is 4.79 Å². The first-order valence-electron chi connectivity index (χ1n) is 9.12. The van der Waals surface area contributed by atoms with E-state index >= 15 is 0 Å². The number of ketones is 1. The summed E-state index contributed by atoms with van der Waals surface area (Å²) >= 11 is 0. The van der Waals surface area contributed by atoms with E-state index < -0.39 is 0 Å². The summed E-state index contributed by atoms with van der Waals surface area (Å²) in [6.45, 7) is 1.99. The lowest BCUT2D eigenvalue weighted by Crippen LogP contribution is -2.33. The molecule has 1 aliphatic rings. The second kappa shape index (κ2) is 7.20. The van der Waals surface area contributed by atoms with Crippen LogP contribution in [0.3, 0.4) is 0 Å². The Hall–Kier alpha value is -2.45. The fourth-order valence-electron chi connectivity index (χ4n) is 4.08. The van der Waals surface area contributed by atoms with Gasteiger partial charge >= 0.3 is 0 Å². The Balaban J connectivity index is 1.79. The van der Waals surface area contributed by atoms with Crippen LogP contribution in [0.15, 0.2) is 72.8 Å². The first kappa shape index (κ1) is 16.0. The van der Waals surface area contributed by atoms with E-state index in [1.807, 2.05) is 42.5 Å². The van der Waals surface area contributed by atoms with Gasteiger partial charge in [0, 0.05) is 5.56 Å². The summed E-state index contributed by atoms with van der Waals surface area (Å²) in [5.74, 6) is 0.596. The molecule has 1 unspecified atom stereocenters. The average Bonchev–Trinajstić information content (AvgIpc) is 2.69. The Bertz CT molecular complexity index is 860.